The van der Waals surface area contributed by atoms with Crippen LogP contribution in [0.4, 0.5) is 0 Å². The standard InChI is InChI=1S/C15H12BrNO3/c1-9-12(15(18)19)6-10(20-9)7-17-8-13(16)11-4-2-3-5-14(11)17/h2-6,8H,7H2,1H3,(H,18,19). The van der Waals surface area contributed by atoms with Crippen LogP contribution in [0.1, 0.15) is 21.9 Å². The van der Waals surface area contributed by atoms with E-state index in [1.807, 2.05) is 35.0 Å². The van der Waals surface area contributed by atoms with E-state index in [0.29, 0.717) is 18.1 Å². The fourth-order valence-corrected chi connectivity index (χ4v) is 2.92. The van der Waals surface area contributed by atoms with Crippen molar-refractivity contribution in [2.45, 2.75) is 13.5 Å². The molecule has 0 amide bonds. The molecule has 0 radical (unpaired) electrons. The van der Waals surface area contributed by atoms with Crippen LogP contribution in [0.2, 0.25) is 0 Å². The predicted molar refractivity (Wildman–Crippen MR) is 79.1 cm³/mol. The third-order valence-corrected chi connectivity index (χ3v) is 3.90. The lowest BCUT2D eigenvalue weighted by atomic mass is 10.2. The molecular weight excluding hydrogens is 322 g/mol. The minimum atomic E-state index is -0.962. The molecule has 0 aliphatic rings. The summed E-state index contributed by atoms with van der Waals surface area (Å²) in [5.41, 5.74) is 1.29. The molecule has 2 heterocycles. The normalized spacial score (nSPS) is 11.1. The van der Waals surface area contributed by atoms with Gasteiger partial charge in [0.15, 0.2) is 0 Å². The molecule has 0 fully saturated rings. The Morgan fingerprint density at radius 3 is 2.85 bits per heavy atom. The second-order valence-electron chi connectivity index (χ2n) is 4.61. The van der Waals surface area contributed by atoms with Gasteiger partial charge in [0.05, 0.1) is 6.54 Å². The van der Waals surface area contributed by atoms with Crippen LogP contribution < -0.4 is 0 Å². The maximum Gasteiger partial charge on any atom is 0.339 e. The molecule has 5 heteroatoms. The van der Waals surface area contributed by atoms with Gasteiger partial charge >= 0.3 is 5.97 Å². The Hall–Kier alpha value is -2.01. The molecule has 20 heavy (non-hydrogen) atoms. The number of nitrogens with zero attached hydrogens (tertiary/aromatic N) is 1. The SMILES string of the molecule is Cc1oc(Cn2cc(Br)c3ccccc32)cc1C(=O)O. The van der Waals surface area contributed by atoms with E-state index in [1.165, 1.54) is 0 Å². The Morgan fingerprint density at radius 1 is 1.40 bits per heavy atom. The number of benzene rings is 1. The first-order valence-electron chi connectivity index (χ1n) is 6.12. The third-order valence-electron chi connectivity index (χ3n) is 3.27. The molecule has 0 unspecified atom stereocenters. The zero-order valence-corrected chi connectivity index (χ0v) is 12.3. The molecule has 0 spiro atoms. The van der Waals surface area contributed by atoms with E-state index in [2.05, 4.69) is 15.9 Å². The van der Waals surface area contributed by atoms with Crippen molar-refractivity contribution in [3.8, 4) is 0 Å². The Labute approximate surface area is 123 Å². The van der Waals surface area contributed by atoms with Crippen LogP contribution in [-0.4, -0.2) is 15.6 Å². The molecule has 0 aliphatic heterocycles. The van der Waals surface area contributed by atoms with E-state index in [-0.39, 0.29) is 5.56 Å². The number of carboxylic acids is 1. The summed E-state index contributed by atoms with van der Waals surface area (Å²) < 4.78 is 8.56. The first kappa shape index (κ1) is 13.0. The minimum Gasteiger partial charge on any atom is -0.478 e. The monoisotopic (exact) mass is 333 g/mol. The summed E-state index contributed by atoms with van der Waals surface area (Å²) in [6.07, 6.45) is 1.98. The maximum absolute atomic E-state index is 11.0. The van der Waals surface area contributed by atoms with E-state index in [0.717, 1.165) is 15.4 Å². The summed E-state index contributed by atoms with van der Waals surface area (Å²) in [7, 11) is 0. The Kier molecular flexibility index (Phi) is 3.14. The van der Waals surface area contributed by atoms with Gasteiger partial charge < -0.3 is 14.1 Å². The lowest BCUT2D eigenvalue weighted by molar-refractivity contribution is 0.0695. The van der Waals surface area contributed by atoms with Crippen molar-refractivity contribution in [2.24, 2.45) is 0 Å². The van der Waals surface area contributed by atoms with E-state index in [1.54, 1.807) is 13.0 Å². The number of fused-ring (bicyclic) bond motifs is 1. The van der Waals surface area contributed by atoms with Crippen molar-refractivity contribution in [1.29, 1.82) is 0 Å². The first-order valence-corrected chi connectivity index (χ1v) is 6.91. The highest BCUT2D eigenvalue weighted by molar-refractivity contribution is 9.10. The Balaban J connectivity index is 2.01. The van der Waals surface area contributed by atoms with Gasteiger partial charge in [-0.25, -0.2) is 4.79 Å². The fourth-order valence-electron chi connectivity index (χ4n) is 2.33. The fraction of sp³-hybridized carbons (Fsp3) is 0.133. The zero-order chi connectivity index (χ0) is 14.3. The van der Waals surface area contributed by atoms with Crippen molar-refractivity contribution in [2.75, 3.05) is 0 Å². The van der Waals surface area contributed by atoms with E-state index in [4.69, 9.17) is 9.52 Å². The highest BCUT2D eigenvalue weighted by atomic mass is 79.9. The molecule has 0 saturated heterocycles. The number of hydrogen-bond acceptors (Lipinski definition) is 2. The number of rotatable bonds is 3. The summed E-state index contributed by atoms with van der Waals surface area (Å²) >= 11 is 3.53. The third kappa shape index (κ3) is 2.14. The predicted octanol–water partition coefficient (Wildman–Crippen LogP) is 4.05. The van der Waals surface area contributed by atoms with E-state index < -0.39 is 5.97 Å². The van der Waals surface area contributed by atoms with Crippen molar-refractivity contribution in [3.05, 3.63) is 58.1 Å². The lowest BCUT2D eigenvalue weighted by Crippen LogP contribution is -1.97. The van der Waals surface area contributed by atoms with Crippen molar-refractivity contribution in [1.82, 2.24) is 4.57 Å². The summed E-state index contributed by atoms with van der Waals surface area (Å²) in [5, 5.41) is 10.2. The number of carbonyl (C=O) groups is 1. The molecule has 102 valence electrons. The van der Waals surface area contributed by atoms with Crippen LogP contribution in [0.3, 0.4) is 0 Å². The molecule has 0 aliphatic carbocycles. The molecule has 1 aromatic carbocycles. The molecule has 4 nitrogen and oxygen atoms in total. The smallest absolute Gasteiger partial charge is 0.339 e. The van der Waals surface area contributed by atoms with Gasteiger partial charge in [-0.2, -0.15) is 0 Å². The highest BCUT2D eigenvalue weighted by Gasteiger charge is 2.15. The van der Waals surface area contributed by atoms with Crippen LogP contribution in [0, 0.1) is 6.92 Å². The van der Waals surface area contributed by atoms with Gasteiger partial charge in [-0.3, -0.25) is 0 Å². The molecule has 1 N–H and O–H groups in total. The minimum absolute atomic E-state index is 0.218. The van der Waals surface area contributed by atoms with Crippen molar-refractivity contribution < 1.29 is 14.3 Å². The topological polar surface area (TPSA) is 55.4 Å². The molecule has 0 bridgehead atoms. The summed E-state index contributed by atoms with van der Waals surface area (Å²) in [6, 6.07) is 9.60. The number of aromatic nitrogens is 1. The van der Waals surface area contributed by atoms with Gasteiger partial charge in [-0.15, -0.1) is 0 Å². The van der Waals surface area contributed by atoms with Crippen LogP contribution in [0.25, 0.3) is 10.9 Å². The second kappa shape index (κ2) is 4.83. The molecule has 0 saturated carbocycles. The van der Waals surface area contributed by atoms with Crippen molar-refractivity contribution in [3.63, 3.8) is 0 Å². The van der Waals surface area contributed by atoms with E-state index >= 15 is 0 Å². The average Bonchev–Trinajstić information content (AvgIpc) is 2.92. The summed E-state index contributed by atoms with van der Waals surface area (Å²) in [5.74, 6) is 0.104. The molecule has 0 atom stereocenters. The first-order chi connectivity index (χ1) is 9.56. The quantitative estimate of drug-likeness (QED) is 0.786. The van der Waals surface area contributed by atoms with Gasteiger partial charge in [0, 0.05) is 21.6 Å². The largest absolute Gasteiger partial charge is 0.478 e. The Morgan fingerprint density at radius 2 is 2.15 bits per heavy atom. The molecule has 2 aromatic heterocycles. The number of aryl methyl sites for hydroxylation is 1. The van der Waals surface area contributed by atoms with Crippen LogP contribution in [-0.2, 0) is 6.54 Å². The highest BCUT2D eigenvalue weighted by Crippen LogP contribution is 2.27. The number of halogens is 1. The van der Waals surface area contributed by atoms with Crippen LogP contribution >= 0.6 is 15.9 Å². The van der Waals surface area contributed by atoms with Crippen molar-refractivity contribution >= 4 is 32.8 Å². The summed E-state index contributed by atoms with van der Waals surface area (Å²) in [4.78, 5) is 11.0. The van der Waals surface area contributed by atoms with Gasteiger partial charge in [0.1, 0.15) is 17.1 Å². The Bertz CT molecular complexity index is 801. The molecular formula is C15H12BrNO3. The summed E-state index contributed by atoms with van der Waals surface area (Å²) in [6.45, 7) is 2.16. The van der Waals surface area contributed by atoms with Gasteiger partial charge in [0.25, 0.3) is 0 Å². The molecule has 3 aromatic rings. The maximum atomic E-state index is 11.0. The number of hydrogen-bond donors (Lipinski definition) is 1. The second-order valence-corrected chi connectivity index (χ2v) is 5.46. The van der Waals surface area contributed by atoms with Gasteiger partial charge in [-0.1, -0.05) is 18.2 Å². The van der Waals surface area contributed by atoms with Gasteiger partial charge in [-0.05, 0) is 35.0 Å². The lowest BCUT2D eigenvalue weighted by Gasteiger charge is -2.02. The van der Waals surface area contributed by atoms with Crippen LogP contribution in [0.15, 0.2) is 45.4 Å². The average molecular weight is 334 g/mol. The number of para-hydroxylation sites is 1. The van der Waals surface area contributed by atoms with Gasteiger partial charge in [0.2, 0.25) is 0 Å². The molecule has 3 rings (SSSR count). The number of carboxylic acid groups (broad SMARTS) is 1. The van der Waals surface area contributed by atoms with E-state index in [9.17, 15) is 4.79 Å². The zero-order valence-electron chi connectivity index (χ0n) is 10.8. The number of furan rings is 1. The van der Waals surface area contributed by atoms with Crippen LogP contribution in [0.5, 0.6) is 0 Å². The number of aromatic carboxylic acids is 1.